The molecule has 0 N–H and O–H groups in total. The van der Waals surface area contributed by atoms with Crippen LogP contribution in [0.3, 0.4) is 0 Å². The first-order chi connectivity index (χ1) is 12.4. The van der Waals surface area contributed by atoms with Gasteiger partial charge in [0.25, 0.3) is 0 Å². The molecule has 1 unspecified atom stereocenters. The summed E-state index contributed by atoms with van der Waals surface area (Å²) in [6.45, 7) is 5.08. The molecule has 3 fully saturated rings. The molecule has 26 heavy (non-hydrogen) atoms. The number of methoxy groups -OCH3 is 2. The van der Waals surface area contributed by atoms with E-state index in [2.05, 4.69) is 9.88 Å². The van der Waals surface area contributed by atoms with E-state index in [9.17, 15) is 8.42 Å². The number of pyridine rings is 1. The van der Waals surface area contributed by atoms with E-state index in [0.29, 0.717) is 31.8 Å². The smallest absolute Gasteiger partial charge is 0.248 e. The highest BCUT2D eigenvalue weighted by Crippen LogP contribution is 2.41. The van der Waals surface area contributed by atoms with Crippen molar-refractivity contribution in [2.45, 2.75) is 36.0 Å². The topological polar surface area (TPSA) is 81.2 Å². The molecule has 8 nitrogen and oxygen atoms in total. The van der Waals surface area contributed by atoms with Gasteiger partial charge in [-0.05, 0) is 25.0 Å². The van der Waals surface area contributed by atoms with Gasteiger partial charge in [0.2, 0.25) is 15.9 Å². The third-order valence-corrected chi connectivity index (χ3v) is 7.40. The van der Waals surface area contributed by atoms with Crippen LogP contribution in [-0.4, -0.2) is 87.4 Å². The Morgan fingerprint density at radius 1 is 1.31 bits per heavy atom. The summed E-state index contributed by atoms with van der Waals surface area (Å²) >= 11 is 0. The Morgan fingerprint density at radius 2 is 2.04 bits per heavy atom. The van der Waals surface area contributed by atoms with E-state index in [0.717, 1.165) is 25.1 Å². The quantitative estimate of drug-likeness (QED) is 0.721. The van der Waals surface area contributed by atoms with Crippen LogP contribution in [0.2, 0.25) is 0 Å². The van der Waals surface area contributed by atoms with E-state index in [1.807, 2.05) is 6.92 Å². The van der Waals surface area contributed by atoms with Gasteiger partial charge in [-0.25, -0.2) is 13.4 Å². The zero-order valence-corrected chi connectivity index (χ0v) is 16.2. The van der Waals surface area contributed by atoms with Crippen molar-refractivity contribution < 1.29 is 22.6 Å². The lowest BCUT2D eigenvalue weighted by atomic mass is 9.90. The largest absolute Gasteiger partial charge is 0.480 e. The maximum atomic E-state index is 13.0. The fourth-order valence-corrected chi connectivity index (χ4v) is 5.75. The van der Waals surface area contributed by atoms with Gasteiger partial charge in [-0.2, -0.15) is 4.31 Å². The van der Waals surface area contributed by atoms with E-state index in [1.54, 1.807) is 19.4 Å². The van der Waals surface area contributed by atoms with Crippen LogP contribution in [0, 0.1) is 6.92 Å². The lowest BCUT2D eigenvalue weighted by Crippen LogP contribution is -2.64. The molecule has 4 rings (SSSR count). The molecule has 1 aromatic heterocycles. The third-order valence-electron chi connectivity index (χ3n) is 5.61. The SMILES string of the molecule is COc1ncc(C)cc1S(=O)(=O)N1CC2(CC(N3CC(OC)C3)CO2)C1. The maximum absolute atomic E-state index is 13.0. The Balaban J connectivity index is 1.42. The van der Waals surface area contributed by atoms with Crippen molar-refractivity contribution in [1.82, 2.24) is 14.2 Å². The summed E-state index contributed by atoms with van der Waals surface area (Å²) in [7, 11) is -0.477. The third kappa shape index (κ3) is 2.91. The molecule has 1 aromatic rings. The van der Waals surface area contributed by atoms with E-state index in [1.165, 1.54) is 11.4 Å². The number of nitrogens with zero attached hydrogens (tertiary/aromatic N) is 3. The second kappa shape index (κ2) is 6.42. The number of sulfonamides is 1. The van der Waals surface area contributed by atoms with Gasteiger partial charge in [0.1, 0.15) is 4.90 Å². The normalized spacial score (nSPS) is 26.7. The summed E-state index contributed by atoms with van der Waals surface area (Å²) in [5.74, 6) is 0.132. The van der Waals surface area contributed by atoms with Crippen LogP contribution >= 0.6 is 0 Å². The highest BCUT2D eigenvalue weighted by atomic mass is 32.2. The molecule has 144 valence electrons. The van der Waals surface area contributed by atoms with Gasteiger partial charge < -0.3 is 14.2 Å². The zero-order chi connectivity index (χ0) is 18.5. The van der Waals surface area contributed by atoms with Crippen molar-refractivity contribution in [3.63, 3.8) is 0 Å². The minimum absolute atomic E-state index is 0.120. The number of ether oxygens (including phenoxy) is 3. The number of aromatic nitrogens is 1. The van der Waals surface area contributed by atoms with E-state index in [4.69, 9.17) is 14.2 Å². The second-order valence-electron chi connectivity index (χ2n) is 7.46. The lowest BCUT2D eigenvalue weighted by molar-refractivity contribution is -0.0784. The standard InChI is InChI=1S/C17H25N3O5S/c1-12-4-15(16(24-3)18-6-12)26(21,22)20-10-17(11-20)5-13(9-25-17)19-7-14(8-19)23-2/h4,6,13-14H,5,7-11H2,1-3H3. The zero-order valence-electron chi connectivity index (χ0n) is 15.3. The maximum Gasteiger partial charge on any atom is 0.248 e. The minimum atomic E-state index is -3.64. The van der Waals surface area contributed by atoms with Crippen molar-refractivity contribution >= 4 is 10.0 Å². The van der Waals surface area contributed by atoms with E-state index < -0.39 is 10.0 Å². The minimum Gasteiger partial charge on any atom is -0.480 e. The van der Waals surface area contributed by atoms with Gasteiger partial charge in [-0.1, -0.05) is 0 Å². The Labute approximate surface area is 154 Å². The summed E-state index contributed by atoms with van der Waals surface area (Å²) in [5.41, 5.74) is 0.419. The van der Waals surface area contributed by atoms with Gasteiger partial charge in [-0.3, -0.25) is 4.90 Å². The van der Waals surface area contributed by atoms with Crippen LogP contribution in [0.5, 0.6) is 5.88 Å². The molecule has 9 heteroatoms. The molecule has 1 spiro atoms. The molecule has 3 saturated heterocycles. The summed E-state index contributed by atoms with van der Waals surface area (Å²) in [6, 6.07) is 1.96. The molecule has 0 bridgehead atoms. The van der Waals surface area contributed by atoms with E-state index >= 15 is 0 Å². The summed E-state index contributed by atoms with van der Waals surface area (Å²) in [6.07, 6.45) is 2.77. The van der Waals surface area contributed by atoms with Gasteiger partial charge in [0, 0.05) is 45.5 Å². The molecule has 1 atom stereocenters. The number of likely N-dealkylation sites (tertiary alicyclic amines) is 1. The molecule has 0 aromatic carbocycles. The second-order valence-corrected chi connectivity index (χ2v) is 9.36. The summed E-state index contributed by atoms with van der Waals surface area (Å²) in [4.78, 5) is 6.56. The average molecular weight is 383 g/mol. The molecule has 3 aliphatic heterocycles. The predicted molar refractivity (Wildman–Crippen MR) is 93.7 cm³/mol. The van der Waals surface area contributed by atoms with Crippen LogP contribution in [0.25, 0.3) is 0 Å². The van der Waals surface area contributed by atoms with Crippen LogP contribution in [0.1, 0.15) is 12.0 Å². The number of hydrogen-bond acceptors (Lipinski definition) is 7. The highest BCUT2D eigenvalue weighted by molar-refractivity contribution is 7.89. The Kier molecular flexibility index (Phi) is 4.47. The molecule has 3 aliphatic rings. The monoisotopic (exact) mass is 383 g/mol. The van der Waals surface area contributed by atoms with Crippen LogP contribution in [-0.2, 0) is 19.5 Å². The van der Waals surface area contributed by atoms with Crippen molar-refractivity contribution in [2.75, 3.05) is 47.0 Å². The first-order valence-electron chi connectivity index (χ1n) is 8.78. The Hall–Kier alpha value is -1.26. The molecule has 0 amide bonds. The number of rotatable bonds is 5. The lowest BCUT2D eigenvalue weighted by Gasteiger charge is -2.47. The first-order valence-corrected chi connectivity index (χ1v) is 10.2. The van der Waals surface area contributed by atoms with Crippen LogP contribution in [0.15, 0.2) is 17.2 Å². The molecule has 0 aliphatic carbocycles. The van der Waals surface area contributed by atoms with Crippen molar-refractivity contribution in [3.8, 4) is 5.88 Å². The van der Waals surface area contributed by atoms with Gasteiger partial charge in [0.15, 0.2) is 0 Å². The molecule has 4 heterocycles. The predicted octanol–water partition coefficient (Wildman–Crippen LogP) is 0.261. The average Bonchev–Trinajstić information content (AvgIpc) is 2.98. The fourth-order valence-electron chi connectivity index (χ4n) is 3.97. The summed E-state index contributed by atoms with van der Waals surface area (Å²) < 4.78 is 43.9. The van der Waals surface area contributed by atoms with Crippen molar-refractivity contribution in [1.29, 1.82) is 0 Å². The fraction of sp³-hybridized carbons (Fsp3) is 0.706. The van der Waals surface area contributed by atoms with E-state index in [-0.39, 0.29) is 16.4 Å². The van der Waals surface area contributed by atoms with Gasteiger partial charge in [-0.15, -0.1) is 0 Å². The number of aryl methyl sites for hydroxylation is 1. The van der Waals surface area contributed by atoms with Gasteiger partial charge in [0.05, 0.1) is 25.4 Å². The van der Waals surface area contributed by atoms with Crippen LogP contribution in [0.4, 0.5) is 0 Å². The molecular formula is C17H25N3O5S. The Morgan fingerprint density at radius 3 is 2.69 bits per heavy atom. The highest BCUT2D eigenvalue weighted by Gasteiger charge is 2.55. The first kappa shape index (κ1) is 18.1. The van der Waals surface area contributed by atoms with Crippen molar-refractivity contribution in [3.05, 3.63) is 17.8 Å². The Bertz CT molecular complexity index is 788. The van der Waals surface area contributed by atoms with Gasteiger partial charge >= 0.3 is 0 Å². The van der Waals surface area contributed by atoms with Crippen molar-refractivity contribution in [2.24, 2.45) is 0 Å². The molecule has 0 radical (unpaired) electrons. The molecular weight excluding hydrogens is 358 g/mol. The van der Waals surface area contributed by atoms with Crippen LogP contribution < -0.4 is 4.74 Å². The number of hydrogen-bond donors (Lipinski definition) is 0. The summed E-state index contributed by atoms with van der Waals surface area (Å²) in [5, 5.41) is 0. The molecule has 0 saturated carbocycles.